The number of alkyl halides is 3. The first-order chi connectivity index (χ1) is 14.3. The zero-order chi connectivity index (χ0) is 21.6. The van der Waals surface area contributed by atoms with E-state index in [0.717, 1.165) is 17.0 Å². The van der Waals surface area contributed by atoms with E-state index >= 15 is 0 Å². The molecule has 0 spiro atoms. The predicted octanol–water partition coefficient (Wildman–Crippen LogP) is 5.05. The molecule has 0 atom stereocenters. The summed E-state index contributed by atoms with van der Waals surface area (Å²) in [4.78, 5) is 29.4. The van der Waals surface area contributed by atoms with Crippen molar-refractivity contribution < 1.29 is 27.5 Å². The van der Waals surface area contributed by atoms with Gasteiger partial charge in [-0.3, -0.25) is 4.79 Å². The summed E-state index contributed by atoms with van der Waals surface area (Å²) < 4.78 is 44.0. The molecule has 0 saturated heterocycles. The summed E-state index contributed by atoms with van der Waals surface area (Å²) in [5.41, 5.74) is -1.25. The first kappa shape index (κ1) is 21.4. The van der Waals surface area contributed by atoms with E-state index in [0.29, 0.717) is 5.03 Å². The Hall–Kier alpha value is -3.33. The maximum Gasteiger partial charge on any atom is 0.418 e. The molecular weight excluding hydrogens is 417 g/mol. The number of para-hydroxylation sites is 1. The van der Waals surface area contributed by atoms with Crippen LogP contribution in [0, 0.1) is 0 Å². The van der Waals surface area contributed by atoms with Gasteiger partial charge in [0, 0.05) is 11.1 Å². The largest absolute Gasteiger partial charge is 0.452 e. The van der Waals surface area contributed by atoms with Gasteiger partial charge in [0.1, 0.15) is 5.03 Å². The van der Waals surface area contributed by atoms with E-state index in [-0.39, 0.29) is 5.56 Å². The lowest BCUT2D eigenvalue weighted by Crippen LogP contribution is -2.23. The number of nitrogens with one attached hydrogen (secondary N) is 1. The van der Waals surface area contributed by atoms with Gasteiger partial charge in [0.2, 0.25) is 0 Å². The highest BCUT2D eigenvalue weighted by Gasteiger charge is 2.33. The Kier molecular flexibility index (Phi) is 6.73. The van der Waals surface area contributed by atoms with Crippen LogP contribution < -0.4 is 5.32 Å². The summed E-state index contributed by atoms with van der Waals surface area (Å²) in [5, 5.41) is 2.51. The number of rotatable bonds is 6. The molecule has 0 aliphatic heterocycles. The maximum atomic E-state index is 13.0. The number of hydrogen-bond donors (Lipinski definition) is 1. The molecule has 0 aliphatic carbocycles. The second-order valence-electron chi connectivity index (χ2n) is 5.94. The van der Waals surface area contributed by atoms with Crippen LogP contribution in [0.1, 0.15) is 15.9 Å². The van der Waals surface area contributed by atoms with E-state index in [9.17, 15) is 22.8 Å². The molecule has 5 nitrogen and oxygen atoms in total. The average molecular weight is 432 g/mol. The van der Waals surface area contributed by atoms with Crippen LogP contribution in [0.5, 0.6) is 0 Å². The Bertz CT molecular complexity index is 1040. The number of aromatic nitrogens is 1. The highest BCUT2D eigenvalue weighted by atomic mass is 32.2. The first-order valence-corrected chi connectivity index (χ1v) is 9.47. The molecule has 1 aromatic heterocycles. The Morgan fingerprint density at radius 1 is 0.967 bits per heavy atom. The van der Waals surface area contributed by atoms with E-state index in [1.54, 1.807) is 6.07 Å². The lowest BCUT2D eigenvalue weighted by molar-refractivity contribution is -0.137. The molecule has 1 heterocycles. The quantitative estimate of drug-likeness (QED) is 0.553. The van der Waals surface area contributed by atoms with Crippen LogP contribution in [-0.2, 0) is 15.7 Å². The second-order valence-corrected chi connectivity index (χ2v) is 7.00. The van der Waals surface area contributed by atoms with Gasteiger partial charge in [0.25, 0.3) is 5.91 Å². The van der Waals surface area contributed by atoms with Gasteiger partial charge in [0.15, 0.2) is 6.61 Å². The third-order valence-corrected chi connectivity index (χ3v) is 4.82. The number of amides is 1. The molecule has 2 aromatic carbocycles. The number of hydrogen-bond acceptors (Lipinski definition) is 5. The van der Waals surface area contributed by atoms with Crippen molar-refractivity contribution in [3.8, 4) is 0 Å². The second kappa shape index (κ2) is 9.45. The van der Waals surface area contributed by atoms with Gasteiger partial charge >= 0.3 is 12.1 Å². The maximum absolute atomic E-state index is 13.0. The molecule has 0 saturated carbocycles. The number of esters is 1. The number of carbonyl (C=O) groups excluding carboxylic acids is 2. The number of carbonyl (C=O) groups is 2. The van der Waals surface area contributed by atoms with Crippen molar-refractivity contribution in [2.75, 3.05) is 11.9 Å². The fourth-order valence-corrected chi connectivity index (χ4v) is 3.35. The molecule has 1 amide bonds. The topological polar surface area (TPSA) is 68.3 Å². The monoisotopic (exact) mass is 432 g/mol. The average Bonchev–Trinajstić information content (AvgIpc) is 2.73. The number of pyridine rings is 1. The van der Waals surface area contributed by atoms with Gasteiger partial charge in [-0.1, -0.05) is 42.1 Å². The SMILES string of the molecule is O=C(COC(=O)c1cccnc1Sc1ccccc1)Nc1ccccc1C(F)(F)F. The fraction of sp³-hybridized carbons (Fsp3) is 0.0952. The molecule has 0 bridgehead atoms. The summed E-state index contributed by atoms with van der Waals surface area (Å²) in [6.07, 6.45) is -3.11. The van der Waals surface area contributed by atoms with Crippen LogP contribution in [0.3, 0.4) is 0 Å². The molecule has 0 aliphatic rings. The van der Waals surface area contributed by atoms with Crippen molar-refractivity contribution in [2.24, 2.45) is 0 Å². The van der Waals surface area contributed by atoms with Crippen molar-refractivity contribution in [1.82, 2.24) is 4.98 Å². The highest BCUT2D eigenvalue weighted by molar-refractivity contribution is 7.99. The first-order valence-electron chi connectivity index (χ1n) is 8.65. The van der Waals surface area contributed by atoms with Crippen LogP contribution >= 0.6 is 11.8 Å². The molecule has 0 radical (unpaired) electrons. The Morgan fingerprint density at radius 3 is 2.40 bits per heavy atom. The standard InChI is InChI=1S/C21H15F3N2O3S/c22-21(23,24)16-10-4-5-11-17(16)26-18(27)13-29-20(28)15-9-6-12-25-19(15)30-14-7-2-1-3-8-14/h1-12H,13H2,(H,26,27). The van der Waals surface area contributed by atoms with E-state index in [2.05, 4.69) is 10.3 Å². The van der Waals surface area contributed by atoms with Gasteiger partial charge in [-0.2, -0.15) is 13.2 Å². The molecule has 0 fully saturated rings. The summed E-state index contributed by atoms with van der Waals surface area (Å²) in [5.74, 6) is -1.69. The van der Waals surface area contributed by atoms with Gasteiger partial charge in [-0.25, -0.2) is 9.78 Å². The van der Waals surface area contributed by atoms with Crippen LogP contribution in [0.4, 0.5) is 18.9 Å². The van der Waals surface area contributed by atoms with Crippen molar-refractivity contribution in [3.63, 3.8) is 0 Å². The van der Waals surface area contributed by atoms with Gasteiger partial charge in [-0.15, -0.1) is 0 Å². The van der Waals surface area contributed by atoms with Crippen LogP contribution in [-0.4, -0.2) is 23.5 Å². The molecule has 30 heavy (non-hydrogen) atoms. The number of nitrogens with zero attached hydrogens (tertiary/aromatic N) is 1. The molecule has 1 N–H and O–H groups in total. The third-order valence-electron chi connectivity index (χ3n) is 3.79. The molecule has 3 aromatic rings. The molecule has 9 heteroatoms. The van der Waals surface area contributed by atoms with Crippen LogP contribution in [0.15, 0.2) is 82.8 Å². The number of halogens is 3. The van der Waals surface area contributed by atoms with E-state index in [1.807, 2.05) is 30.3 Å². The molecular formula is C21H15F3N2O3S. The summed E-state index contributed by atoms with van der Waals surface area (Å²) in [6.45, 7) is -0.741. The van der Waals surface area contributed by atoms with Crippen molar-refractivity contribution in [3.05, 3.63) is 84.1 Å². The summed E-state index contributed by atoms with van der Waals surface area (Å²) >= 11 is 1.25. The van der Waals surface area contributed by atoms with Crippen molar-refractivity contribution >= 4 is 29.3 Å². The zero-order valence-electron chi connectivity index (χ0n) is 15.3. The molecule has 3 rings (SSSR count). The smallest absolute Gasteiger partial charge is 0.418 e. The van der Waals surface area contributed by atoms with Crippen LogP contribution in [0.25, 0.3) is 0 Å². The van der Waals surface area contributed by atoms with E-state index < -0.39 is 35.9 Å². The number of ether oxygens (including phenoxy) is 1. The van der Waals surface area contributed by atoms with Crippen molar-refractivity contribution in [2.45, 2.75) is 16.1 Å². The summed E-state index contributed by atoms with van der Waals surface area (Å²) in [6, 6.07) is 16.8. The third kappa shape index (κ3) is 5.60. The minimum atomic E-state index is -4.63. The van der Waals surface area contributed by atoms with Crippen LogP contribution in [0.2, 0.25) is 0 Å². The number of benzene rings is 2. The lowest BCUT2D eigenvalue weighted by atomic mass is 10.1. The van der Waals surface area contributed by atoms with E-state index in [4.69, 9.17) is 4.74 Å². The van der Waals surface area contributed by atoms with E-state index in [1.165, 1.54) is 36.2 Å². The Morgan fingerprint density at radius 2 is 1.67 bits per heavy atom. The summed E-state index contributed by atoms with van der Waals surface area (Å²) in [7, 11) is 0. The molecule has 0 unspecified atom stereocenters. The minimum Gasteiger partial charge on any atom is -0.452 e. The normalized spacial score (nSPS) is 11.0. The fourth-order valence-electron chi connectivity index (χ4n) is 2.46. The highest BCUT2D eigenvalue weighted by Crippen LogP contribution is 2.34. The van der Waals surface area contributed by atoms with Crippen molar-refractivity contribution in [1.29, 1.82) is 0 Å². The molecule has 154 valence electrons. The predicted molar refractivity (Wildman–Crippen MR) is 105 cm³/mol. The zero-order valence-corrected chi connectivity index (χ0v) is 16.2. The van der Waals surface area contributed by atoms with Gasteiger partial charge in [0.05, 0.1) is 16.8 Å². The lowest BCUT2D eigenvalue weighted by Gasteiger charge is -2.13. The minimum absolute atomic E-state index is 0.148. The Balaban J connectivity index is 1.65. The number of anilines is 1. The Labute approximate surface area is 174 Å². The van der Waals surface area contributed by atoms with Gasteiger partial charge < -0.3 is 10.1 Å². The van der Waals surface area contributed by atoms with Gasteiger partial charge in [-0.05, 0) is 36.4 Å².